The van der Waals surface area contributed by atoms with Gasteiger partial charge in [0.25, 0.3) is 0 Å². The standard InChI is InChI=1S/C11H9BrN4S/c1-7-14-9(5-13)4-10(15-7)16(2)11-3-8(12)6-17-11/h3-4,6H,1-2H3. The fourth-order valence-electron chi connectivity index (χ4n) is 1.37. The fraction of sp³-hybridized carbons (Fsp3) is 0.182. The third kappa shape index (κ3) is 2.62. The normalized spacial score (nSPS) is 10.0. The number of anilines is 2. The van der Waals surface area contributed by atoms with Gasteiger partial charge in [0.15, 0.2) is 0 Å². The zero-order valence-corrected chi connectivity index (χ0v) is 11.7. The number of aromatic nitrogens is 2. The average Bonchev–Trinajstić information content (AvgIpc) is 2.74. The van der Waals surface area contributed by atoms with Gasteiger partial charge in [0.1, 0.15) is 23.4 Å². The Morgan fingerprint density at radius 3 is 2.76 bits per heavy atom. The van der Waals surface area contributed by atoms with Gasteiger partial charge in [0.05, 0.1) is 5.00 Å². The van der Waals surface area contributed by atoms with Gasteiger partial charge >= 0.3 is 0 Å². The van der Waals surface area contributed by atoms with Crippen LogP contribution >= 0.6 is 27.3 Å². The van der Waals surface area contributed by atoms with Crippen LogP contribution in [-0.4, -0.2) is 17.0 Å². The van der Waals surface area contributed by atoms with Gasteiger partial charge in [-0.1, -0.05) is 0 Å². The summed E-state index contributed by atoms with van der Waals surface area (Å²) in [5, 5.41) is 11.9. The summed E-state index contributed by atoms with van der Waals surface area (Å²) in [4.78, 5) is 10.3. The number of nitrogens with zero attached hydrogens (tertiary/aromatic N) is 4. The number of halogens is 1. The van der Waals surface area contributed by atoms with Crippen LogP contribution in [0.15, 0.2) is 22.0 Å². The fourth-order valence-corrected chi connectivity index (χ4v) is 2.77. The Morgan fingerprint density at radius 1 is 1.41 bits per heavy atom. The van der Waals surface area contributed by atoms with Crippen molar-refractivity contribution in [2.45, 2.75) is 6.92 Å². The smallest absolute Gasteiger partial charge is 0.146 e. The molecule has 0 aliphatic carbocycles. The molecular weight excluding hydrogens is 300 g/mol. The SMILES string of the molecule is Cc1nc(C#N)cc(N(C)c2cc(Br)cs2)n1. The molecule has 2 rings (SSSR count). The molecule has 0 saturated heterocycles. The van der Waals surface area contributed by atoms with Gasteiger partial charge in [0.2, 0.25) is 0 Å². The van der Waals surface area contributed by atoms with Gasteiger partial charge in [0, 0.05) is 23.0 Å². The van der Waals surface area contributed by atoms with Crippen molar-refractivity contribution < 1.29 is 0 Å². The van der Waals surface area contributed by atoms with E-state index in [-0.39, 0.29) is 0 Å². The van der Waals surface area contributed by atoms with E-state index in [0.29, 0.717) is 11.5 Å². The molecule has 2 aromatic heterocycles. The Kier molecular flexibility index (Phi) is 3.41. The summed E-state index contributed by atoms with van der Waals surface area (Å²) in [6, 6.07) is 5.73. The largest absolute Gasteiger partial charge is 0.321 e. The van der Waals surface area contributed by atoms with E-state index in [1.54, 1.807) is 24.3 Å². The van der Waals surface area contributed by atoms with E-state index in [0.717, 1.165) is 15.3 Å². The third-order valence-corrected chi connectivity index (χ3v) is 3.93. The summed E-state index contributed by atoms with van der Waals surface area (Å²) >= 11 is 5.02. The molecule has 0 radical (unpaired) electrons. The van der Waals surface area contributed by atoms with E-state index in [1.807, 2.05) is 29.5 Å². The van der Waals surface area contributed by atoms with E-state index in [9.17, 15) is 0 Å². The summed E-state index contributed by atoms with van der Waals surface area (Å²) in [7, 11) is 1.92. The summed E-state index contributed by atoms with van der Waals surface area (Å²) in [6.07, 6.45) is 0. The lowest BCUT2D eigenvalue weighted by Gasteiger charge is -2.16. The van der Waals surface area contributed by atoms with Crippen LogP contribution in [0.1, 0.15) is 11.5 Å². The van der Waals surface area contributed by atoms with Gasteiger partial charge < -0.3 is 4.90 Å². The molecular formula is C11H9BrN4S. The molecule has 2 heterocycles. The number of nitriles is 1. The summed E-state index contributed by atoms with van der Waals surface area (Å²) < 4.78 is 1.04. The van der Waals surface area contributed by atoms with Crippen LogP contribution in [0.25, 0.3) is 0 Å². The minimum absolute atomic E-state index is 0.384. The topological polar surface area (TPSA) is 52.8 Å². The third-order valence-electron chi connectivity index (χ3n) is 2.17. The summed E-state index contributed by atoms with van der Waals surface area (Å²) in [5.74, 6) is 1.32. The number of hydrogen-bond donors (Lipinski definition) is 0. The lowest BCUT2D eigenvalue weighted by Crippen LogP contribution is -2.11. The van der Waals surface area contributed by atoms with Crippen molar-refractivity contribution in [1.29, 1.82) is 5.26 Å². The summed E-state index contributed by atoms with van der Waals surface area (Å²) in [5.41, 5.74) is 0.384. The molecule has 86 valence electrons. The molecule has 0 spiro atoms. The number of hydrogen-bond acceptors (Lipinski definition) is 5. The highest BCUT2D eigenvalue weighted by atomic mass is 79.9. The molecule has 0 fully saturated rings. The molecule has 0 amide bonds. The molecule has 0 atom stereocenters. The Morgan fingerprint density at radius 2 is 2.18 bits per heavy atom. The highest BCUT2D eigenvalue weighted by molar-refractivity contribution is 9.10. The Bertz CT molecular complexity index is 587. The maximum Gasteiger partial charge on any atom is 0.146 e. The van der Waals surface area contributed by atoms with Crippen LogP contribution in [-0.2, 0) is 0 Å². The molecule has 6 heteroatoms. The lowest BCUT2D eigenvalue weighted by atomic mass is 10.4. The van der Waals surface area contributed by atoms with Crippen molar-refractivity contribution in [3.63, 3.8) is 0 Å². The molecule has 0 unspecified atom stereocenters. The first-order valence-electron chi connectivity index (χ1n) is 4.83. The molecule has 0 saturated carbocycles. The molecule has 0 aliphatic heterocycles. The second kappa shape index (κ2) is 4.82. The number of thiophene rings is 1. The second-order valence-electron chi connectivity index (χ2n) is 3.43. The molecule has 0 bridgehead atoms. The zero-order chi connectivity index (χ0) is 12.4. The van der Waals surface area contributed by atoms with Crippen molar-refractivity contribution in [3.05, 3.63) is 33.5 Å². The number of rotatable bonds is 2. The molecule has 0 N–H and O–H groups in total. The Balaban J connectivity index is 2.40. The van der Waals surface area contributed by atoms with E-state index in [2.05, 4.69) is 25.9 Å². The van der Waals surface area contributed by atoms with Gasteiger partial charge in [-0.3, -0.25) is 0 Å². The Hall–Kier alpha value is -1.45. The van der Waals surface area contributed by atoms with E-state index >= 15 is 0 Å². The number of aryl methyl sites for hydroxylation is 1. The molecule has 0 aliphatic rings. The first-order valence-corrected chi connectivity index (χ1v) is 6.51. The first kappa shape index (κ1) is 12.0. The molecule has 0 aromatic carbocycles. The van der Waals surface area contributed by atoms with E-state index < -0.39 is 0 Å². The van der Waals surface area contributed by atoms with Gasteiger partial charge in [-0.2, -0.15) is 5.26 Å². The van der Waals surface area contributed by atoms with Crippen molar-refractivity contribution in [2.75, 3.05) is 11.9 Å². The predicted octanol–water partition coefficient (Wildman–Crippen LogP) is 3.25. The Labute approximate surface area is 112 Å². The molecule has 2 aromatic rings. The molecule has 4 nitrogen and oxygen atoms in total. The minimum atomic E-state index is 0.384. The van der Waals surface area contributed by atoms with Crippen LogP contribution in [0.4, 0.5) is 10.8 Å². The van der Waals surface area contributed by atoms with Crippen molar-refractivity contribution in [1.82, 2.24) is 9.97 Å². The molecule has 17 heavy (non-hydrogen) atoms. The monoisotopic (exact) mass is 308 g/mol. The highest BCUT2D eigenvalue weighted by Gasteiger charge is 2.10. The van der Waals surface area contributed by atoms with Crippen LogP contribution in [0.5, 0.6) is 0 Å². The minimum Gasteiger partial charge on any atom is -0.321 e. The summed E-state index contributed by atoms with van der Waals surface area (Å²) in [6.45, 7) is 1.78. The average molecular weight is 309 g/mol. The van der Waals surface area contributed by atoms with Crippen LogP contribution < -0.4 is 4.90 Å². The van der Waals surface area contributed by atoms with Crippen molar-refractivity contribution in [3.8, 4) is 6.07 Å². The van der Waals surface area contributed by atoms with Crippen molar-refractivity contribution in [2.24, 2.45) is 0 Å². The quantitative estimate of drug-likeness (QED) is 0.854. The van der Waals surface area contributed by atoms with Crippen molar-refractivity contribution >= 4 is 38.1 Å². The van der Waals surface area contributed by atoms with Gasteiger partial charge in [-0.25, -0.2) is 9.97 Å². The van der Waals surface area contributed by atoms with Crippen LogP contribution in [0.3, 0.4) is 0 Å². The van der Waals surface area contributed by atoms with Gasteiger partial charge in [-0.05, 0) is 28.9 Å². The van der Waals surface area contributed by atoms with Crippen LogP contribution in [0, 0.1) is 18.3 Å². The maximum atomic E-state index is 8.88. The predicted molar refractivity (Wildman–Crippen MR) is 71.6 cm³/mol. The van der Waals surface area contributed by atoms with E-state index in [4.69, 9.17) is 5.26 Å². The zero-order valence-electron chi connectivity index (χ0n) is 9.31. The second-order valence-corrected chi connectivity index (χ2v) is 5.24. The highest BCUT2D eigenvalue weighted by Crippen LogP contribution is 2.31. The van der Waals surface area contributed by atoms with E-state index in [1.165, 1.54) is 0 Å². The van der Waals surface area contributed by atoms with Gasteiger partial charge in [-0.15, -0.1) is 11.3 Å². The maximum absolute atomic E-state index is 8.88. The lowest BCUT2D eigenvalue weighted by molar-refractivity contribution is 1.00. The van der Waals surface area contributed by atoms with Crippen LogP contribution in [0.2, 0.25) is 0 Å². The first-order chi connectivity index (χ1) is 8.10.